The number of rotatable bonds is 2. The minimum Gasteiger partial charge on any atom is -0.366 e. The fourth-order valence-electron chi connectivity index (χ4n) is 3.49. The second kappa shape index (κ2) is 3.67. The molecule has 4 rings (SSSR count). The first-order valence-corrected chi connectivity index (χ1v) is 7.23. The van der Waals surface area contributed by atoms with Crippen molar-refractivity contribution in [1.82, 2.24) is 9.97 Å². The molecule has 17 heavy (non-hydrogen) atoms. The molecular formula is C13H15N3S. The van der Waals surface area contributed by atoms with Crippen LogP contribution in [-0.4, -0.2) is 16.0 Å². The van der Waals surface area contributed by atoms with Gasteiger partial charge in [0.25, 0.3) is 0 Å². The van der Waals surface area contributed by atoms with Gasteiger partial charge in [0.2, 0.25) is 0 Å². The Balaban J connectivity index is 1.65. The molecule has 2 saturated carbocycles. The van der Waals surface area contributed by atoms with Gasteiger partial charge in [-0.1, -0.05) is 6.42 Å². The van der Waals surface area contributed by atoms with Gasteiger partial charge in [-0.15, -0.1) is 11.3 Å². The molecule has 3 unspecified atom stereocenters. The number of thiophene rings is 1. The third-order valence-corrected chi connectivity index (χ3v) is 5.21. The van der Waals surface area contributed by atoms with Crippen LogP contribution < -0.4 is 5.32 Å². The van der Waals surface area contributed by atoms with E-state index < -0.39 is 0 Å². The minimum atomic E-state index is 0.647. The Morgan fingerprint density at radius 3 is 3.06 bits per heavy atom. The summed E-state index contributed by atoms with van der Waals surface area (Å²) in [6, 6.07) is 2.71. The molecule has 0 aliphatic heterocycles. The lowest BCUT2D eigenvalue weighted by molar-refractivity contribution is 0.439. The van der Waals surface area contributed by atoms with Crippen LogP contribution in [0.15, 0.2) is 17.8 Å². The van der Waals surface area contributed by atoms with Crippen molar-refractivity contribution < 1.29 is 0 Å². The van der Waals surface area contributed by atoms with Gasteiger partial charge >= 0.3 is 0 Å². The van der Waals surface area contributed by atoms with E-state index in [-0.39, 0.29) is 0 Å². The first kappa shape index (κ1) is 9.83. The molecule has 3 nitrogen and oxygen atoms in total. The average molecular weight is 245 g/mol. The molecule has 0 amide bonds. The quantitative estimate of drug-likeness (QED) is 0.882. The summed E-state index contributed by atoms with van der Waals surface area (Å²) in [5.74, 6) is 2.89. The standard InChI is InChI=1S/C13H15N3S/c1-2-9-5-8(1)6-11(9)16-13-12-10(3-4-17-12)14-7-15-13/h3-4,7-9,11H,1-2,5-6H2,(H,14,15,16). The van der Waals surface area contributed by atoms with Crippen LogP contribution in [0.2, 0.25) is 0 Å². The predicted octanol–water partition coefficient (Wildman–Crippen LogP) is 3.29. The van der Waals surface area contributed by atoms with Gasteiger partial charge < -0.3 is 5.32 Å². The number of fused-ring (bicyclic) bond motifs is 3. The molecule has 2 bridgehead atoms. The Hall–Kier alpha value is -1.16. The number of hydrogen-bond donors (Lipinski definition) is 1. The van der Waals surface area contributed by atoms with Gasteiger partial charge in [-0.2, -0.15) is 0 Å². The van der Waals surface area contributed by atoms with E-state index in [0.717, 1.165) is 23.2 Å². The number of nitrogens with zero attached hydrogens (tertiary/aromatic N) is 2. The van der Waals surface area contributed by atoms with E-state index in [9.17, 15) is 0 Å². The zero-order chi connectivity index (χ0) is 11.2. The topological polar surface area (TPSA) is 37.8 Å². The summed E-state index contributed by atoms with van der Waals surface area (Å²) in [7, 11) is 0. The van der Waals surface area contributed by atoms with Gasteiger partial charge in [0, 0.05) is 6.04 Å². The van der Waals surface area contributed by atoms with E-state index in [0.29, 0.717) is 6.04 Å². The molecule has 0 aromatic carbocycles. The van der Waals surface area contributed by atoms with E-state index in [1.807, 2.05) is 0 Å². The van der Waals surface area contributed by atoms with E-state index in [4.69, 9.17) is 0 Å². The fraction of sp³-hybridized carbons (Fsp3) is 0.538. The maximum atomic E-state index is 4.41. The summed E-state index contributed by atoms with van der Waals surface area (Å²) < 4.78 is 1.20. The van der Waals surface area contributed by atoms with Crippen LogP contribution in [0.4, 0.5) is 5.82 Å². The average Bonchev–Trinajstić information content (AvgIpc) is 3.04. The maximum Gasteiger partial charge on any atom is 0.147 e. The molecule has 0 spiro atoms. The highest BCUT2D eigenvalue weighted by Crippen LogP contribution is 2.45. The van der Waals surface area contributed by atoms with Crippen molar-refractivity contribution in [3.05, 3.63) is 17.8 Å². The summed E-state index contributed by atoms with van der Waals surface area (Å²) in [6.07, 6.45) is 7.28. The minimum absolute atomic E-state index is 0.647. The van der Waals surface area contributed by atoms with Crippen LogP contribution in [0, 0.1) is 11.8 Å². The van der Waals surface area contributed by atoms with Crippen molar-refractivity contribution in [3.8, 4) is 0 Å². The SMILES string of the molecule is c1nc(NC2CC3CCC2C3)c2sccc2n1. The summed E-state index contributed by atoms with van der Waals surface area (Å²) in [5.41, 5.74) is 1.07. The predicted molar refractivity (Wildman–Crippen MR) is 70.3 cm³/mol. The van der Waals surface area contributed by atoms with Crippen molar-refractivity contribution in [2.24, 2.45) is 11.8 Å². The maximum absolute atomic E-state index is 4.41. The van der Waals surface area contributed by atoms with Crippen LogP contribution in [-0.2, 0) is 0 Å². The molecule has 1 N–H and O–H groups in total. The zero-order valence-electron chi connectivity index (χ0n) is 9.60. The zero-order valence-corrected chi connectivity index (χ0v) is 10.4. The third kappa shape index (κ3) is 1.54. The molecule has 4 heteroatoms. The van der Waals surface area contributed by atoms with Crippen LogP contribution in [0.25, 0.3) is 10.2 Å². The Labute approximate surface area is 104 Å². The van der Waals surface area contributed by atoms with Crippen LogP contribution in [0.1, 0.15) is 25.7 Å². The molecule has 2 aromatic heterocycles. The number of anilines is 1. The van der Waals surface area contributed by atoms with Crippen molar-refractivity contribution in [2.45, 2.75) is 31.7 Å². The Morgan fingerprint density at radius 2 is 2.24 bits per heavy atom. The van der Waals surface area contributed by atoms with Gasteiger partial charge in [-0.25, -0.2) is 9.97 Å². The second-order valence-electron chi connectivity index (χ2n) is 5.28. The second-order valence-corrected chi connectivity index (χ2v) is 6.20. The normalized spacial score (nSPS) is 31.2. The summed E-state index contributed by atoms with van der Waals surface area (Å²) >= 11 is 1.73. The first-order chi connectivity index (χ1) is 8.40. The Kier molecular flexibility index (Phi) is 2.12. The highest BCUT2D eigenvalue weighted by molar-refractivity contribution is 7.17. The van der Waals surface area contributed by atoms with E-state index in [1.165, 1.54) is 30.4 Å². The Morgan fingerprint density at radius 1 is 1.24 bits per heavy atom. The lowest BCUT2D eigenvalue weighted by Gasteiger charge is -2.23. The number of nitrogens with one attached hydrogen (secondary N) is 1. The smallest absolute Gasteiger partial charge is 0.147 e. The highest BCUT2D eigenvalue weighted by atomic mass is 32.1. The van der Waals surface area contributed by atoms with Crippen LogP contribution in [0.3, 0.4) is 0 Å². The van der Waals surface area contributed by atoms with Gasteiger partial charge in [0.05, 0.1) is 10.2 Å². The number of aromatic nitrogens is 2. The highest BCUT2D eigenvalue weighted by Gasteiger charge is 2.39. The summed E-state index contributed by atoms with van der Waals surface area (Å²) in [5, 5.41) is 5.75. The molecular weight excluding hydrogens is 230 g/mol. The third-order valence-electron chi connectivity index (χ3n) is 4.30. The van der Waals surface area contributed by atoms with Gasteiger partial charge in [0.15, 0.2) is 0 Å². The summed E-state index contributed by atoms with van der Waals surface area (Å²) in [6.45, 7) is 0. The van der Waals surface area contributed by atoms with Crippen molar-refractivity contribution in [3.63, 3.8) is 0 Å². The Bertz CT molecular complexity index is 550. The molecule has 2 aromatic rings. The van der Waals surface area contributed by atoms with Gasteiger partial charge in [0.1, 0.15) is 12.1 Å². The van der Waals surface area contributed by atoms with Gasteiger partial charge in [-0.05, 0) is 42.5 Å². The van der Waals surface area contributed by atoms with Crippen molar-refractivity contribution in [2.75, 3.05) is 5.32 Å². The molecule has 88 valence electrons. The van der Waals surface area contributed by atoms with E-state index >= 15 is 0 Å². The van der Waals surface area contributed by atoms with E-state index in [2.05, 4.69) is 26.7 Å². The molecule has 3 atom stereocenters. The monoisotopic (exact) mass is 245 g/mol. The molecule has 2 aliphatic rings. The number of hydrogen-bond acceptors (Lipinski definition) is 4. The lowest BCUT2D eigenvalue weighted by Crippen LogP contribution is -2.26. The lowest BCUT2D eigenvalue weighted by atomic mass is 9.95. The van der Waals surface area contributed by atoms with E-state index in [1.54, 1.807) is 17.7 Å². The van der Waals surface area contributed by atoms with Crippen molar-refractivity contribution >= 4 is 27.4 Å². The van der Waals surface area contributed by atoms with Gasteiger partial charge in [-0.3, -0.25) is 0 Å². The fourth-order valence-corrected chi connectivity index (χ4v) is 4.29. The van der Waals surface area contributed by atoms with Crippen molar-refractivity contribution in [1.29, 1.82) is 0 Å². The van der Waals surface area contributed by atoms with Crippen LogP contribution in [0.5, 0.6) is 0 Å². The molecule has 0 saturated heterocycles. The molecule has 2 heterocycles. The largest absolute Gasteiger partial charge is 0.366 e. The molecule has 0 radical (unpaired) electrons. The van der Waals surface area contributed by atoms with Crippen LogP contribution >= 0.6 is 11.3 Å². The first-order valence-electron chi connectivity index (χ1n) is 6.35. The summed E-state index contributed by atoms with van der Waals surface area (Å²) in [4.78, 5) is 8.70. The molecule has 2 fully saturated rings. The molecule has 2 aliphatic carbocycles.